The third-order valence-electron chi connectivity index (χ3n) is 4.34. The summed E-state index contributed by atoms with van der Waals surface area (Å²) in [7, 11) is 0. The van der Waals surface area contributed by atoms with Gasteiger partial charge in [-0.1, -0.05) is 6.42 Å². The molecule has 0 aromatic carbocycles. The monoisotopic (exact) mass is 247 g/mol. The van der Waals surface area contributed by atoms with Gasteiger partial charge in [0.05, 0.1) is 0 Å². The molecule has 0 amide bonds. The summed E-state index contributed by atoms with van der Waals surface area (Å²) in [5, 5.41) is 8.96. The minimum Gasteiger partial charge on any atom is -0.396 e. The zero-order valence-electron chi connectivity index (χ0n) is 10.8. The van der Waals surface area contributed by atoms with Gasteiger partial charge in [0.15, 0.2) is 0 Å². The third kappa shape index (κ3) is 2.34. The van der Waals surface area contributed by atoms with E-state index in [1.54, 1.807) is 0 Å². The second kappa shape index (κ2) is 5.22. The fraction of sp³-hybridized carbons (Fsp3) is 0.714. The second-order valence-corrected chi connectivity index (χ2v) is 5.56. The van der Waals surface area contributed by atoms with Crippen molar-refractivity contribution in [2.75, 3.05) is 24.6 Å². The molecule has 0 spiro atoms. The zero-order chi connectivity index (χ0) is 12.4. The summed E-state index contributed by atoms with van der Waals surface area (Å²) >= 11 is 0. The van der Waals surface area contributed by atoms with Crippen molar-refractivity contribution >= 4 is 5.95 Å². The second-order valence-electron chi connectivity index (χ2n) is 5.56. The molecule has 1 N–H and O–H groups in total. The molecule has 1 aliphatic heterocycles. The maximum Gasteiger partial charge on any atom is 0.225 e. The number of aliphatic hydroxyl groups excluding tert-OH is 1. The van der Waals surface area contributed by atoms with Crippen molar-refractivity contribution < 1.29 is 5.11 Å². The van der Waals surface area contributed by atoms with E-state index in [1.807, 2.05) is 12.4 Å². The molecule has 1 saturated heterocycles. The van der Waals surface area contributed by atoms with E-state index in [-0.39, 0.29) is 0 Å². The van der Waals surface area contributed by atoms with E-state index < -0.39 is 0 Å². The van der Waals surface area contributed by atoms with Crippen LogP contribution in [0.25, 0.3) is 0 Å². The standard InChI is InChI=1S/C14H21N3O/c18-7-5-11-4-6-17(10-11)14-15-8-13(9-16-14)12-2-1-3-12/h8-9,11-12,18H,1-7,10H2. The van der Waals surface area contributed by atoms with Crippen LogP contribution in [0.3, 0.4) is 0 Å². The van der Waals surface area contributed by atoms with Gasteiger partial charge < -0.3 is 10.0 Å². The first-order chi connectivity index (χ1) is 8.86. The van der Waals surface area contributed by atoms with E-state index in [2.05, 4.69) is 14.9 Å². The van der Waals surface area contributed by atoms with Gasteiger partial charge in [-0.3, -0.25) is 0 Å². The molecule has 4 nitrogen and oxygen atoms in total. The highest BCUT2D eigenvalue weighted by Crippen LogP contribution is 2.35. The van der Waals surface area contributed by atoms with Crippen molar-refractivity contribution in [1.29, 1.82) is 0 Å². The number of nitrogens with zero attached hydrogens (tertiary/aromatic N) is 3. The predicted octanol–water partition coefficient (Wildman–Crippen LogP) is 1.95. The van der Waals surface area contributed by atoms with Gasteiger partial charge in [-0.25, -0.2) is 9.97 Å². The van der Waals surface area contributed by atoms with Crippen LogP contribution in [-0.2, 0) is 0 Å². The molecule has 3 rings (SSSR count). The van der Waals surface area contributed by atoms with E-state index >= 15 is 0 Å². The molecular formula is C14H21N3O. The number of anilines is 1. The molecule has 18 heavy (non-hydrogen) atoms. The lowest BCUT2D eigenvalue weighted by atomic mass is 9.81. The van der Waals surface area contributed by atoms with Crippen molar-refractivity contribution in [2.45, 2.75) is 38.0 Å². The Hall–Kier alpha value is -1.16. The van der Waals surface area contributed by atoms with Crippen LogP contribution in [0.5, 0.6) is 0 Å². The highest BCUT2D eigenvalue weighted by atomic mass is 16.3. The van der Waals surface area contributed by atoms with Gasteiger partial charge in [0.1, 0.15) is 0 Å². The van der Waals surface area contributed by atoms with E-state index in [9.17, 15) is 0 Å². The van der Waals surface area contributed by atoms with E-state index in [4.69, 9.17) is 5.11 Å². The smallest absolute Gasteiger partial charge is 0.225 e. The highest BCUT2D eigenvalue weighted by Gasteiger charge is 2.25. The Balaban J connectivity index is 1.62. The van der Waals surface area contributed by atoms with Crippen LogP contribution in [0.2, 0.25) is 0 Å². The van der Waals surface area contributed by atoms with E-state index in [0.29, 0.717) is 18.4 Å². The Morgan fingerprint density at radius 3 is 2.61 bits per heavy atom. The maximum atomic E-state index is 8.96. The fourth-order valence-electron chi connectivity index (χ4n) is 2.88. The van der Waals surface area contributed by atoms with Crippen molar-refractivity contribution in [3.8, 4) is 0 Å². The van der Waals surface area contributed by atoms with Crippen molar-refractivity contribution in [1.82, 2.24) is 9.97 Å². The molecule has 0 radical (unpaired) electrons. The first-order valence-corrected chi connectivity index (χ1v) is 7.04. The molecule has 98 valence electrons. The zero-order valence-corrected chi connectivity index (χ0v) is 10.8. The fourth-order valence-corrected chi connectivity index (χ4v) is 2.88. The number of hydrogen-bond acceptors (Lipinski definition) is 4. The molecule has 2 heterocycles. The normalized spacial score (nSPS) is 24.3. The summed E-state index contributed by atoms with van der Waals surface area (Å²) in [5.74, 6) is 2.17. The van der Waals surface area contributed by atoms with Gasteiger partial charge >= 0.3 is 0 Å². The summed E-state index contributed by atoms with van der Waals surface area (Å²) in [6.07, 6.45) is 10.00. The number of aromatic nitrogens is 2. The molecule has 2 fully saturated rings. The Kier molecular flexibility index (Phi) is 3.46. The lowest BCUT2D eigenvalue weighted by molar-refractivity contribution is 0.263. The molecule has 1 atom stereocenters. The molecule has 1 aliphatic carbocycles. The van der Waals surface area contributed by atoms with E-state index in [1.165, 1.54) is 24.8 Å². The topological polar surface area (TPSA) is 49.2 Å². The Bertz CT molecular complexity index is 389. The molecule has 0 bridgehead atoms. The molecule has 1 unspecified atom stereocenters. The Labute approximate surface area is 108 Å². The molecule has 1 aromatic heterocycles. The largest absolute Gasteiger partial charge is 0.396 e. The SMILES string of the molecule is OCCC1CCN(c2ncc(C3CCC3)cn2)C1. The number of aliphatic hydroxyl groups is 1. The Morgan fingerprint density at radius 2 is 2.00 bits per heavy atom. The Morgan fingerprint density at radius 1 is 1.22 bits per heavy atom. The molecular weight excluding hydrogens is 226 g/mol. The van der Waals surface area contributed by atoms with Crippen LogP contribution in [-0.4, -0.2) is 34.8 Å². The van der Waals surface area contributed by atoms with Gasteiger partial charge in [-0.15, -0.1) is 0 Å². The van der Waals surface area contributed by atoms with Crippen molar-refractivity contribution in [2.24, 2.45) is 5.92 Å². The van der Waals surface area contributed by atoms with Crippen molar-refractivity contribution in [3.05, 3.63) is 18.0 Å². The minimum absolute atomic E-state index is 0.292. The van der Waals surface area contributed by atoms with Crippen LogP contribution >= 0.6 is 0 Å². The maximum absolute atomic E-state index is 8.96. The number of rotatable bonds is 4. The summed E-state index contributed by atoms with van der Waals surface area (Å²) < 4.78 is 0. The quantitative estimate of drug-likeness (QED) is 0.883. The average molecular weight is 247 g/mol. The van der Waals surface area contributed by atoms with Crippen LogP contribution in [0.1, 0.15) is 43.6 Å². The average Bonchev–Trinajstić information content (AvgIpc) is 2.77. The first kappa shape index (κ1) is 11.9. The van der Waals surface area contributed by atoms with Gasteiger partial charge in [0, 0.05) is 32.1 Å². The summed E-state index contributed by atoms with van der Waals surface area (Å²) in [6.45, 7) is 2.30. The summed E-state index contributed by atoms with van der Waals surface area (Å²) in [4.78, 5) is 11.3. The van der Waals surface area contributed by atoms with Crippen LogP contribution in [0.4, 0.5) is 5.95 Å². The third-order valence-corrected chi connectivity index (χ3v) is 4.34. The molecule has 2 aliphatic rings. The lowest BCUT2D eigenvalue weighted by Crippen LogP contribution is -2.22. The minimum atomic E-state index is 0.292. The van der Waals surface area contributed by atoms with Gasteiger partial charge in [-0.2, -0.15) is 0 Å². The van der Waals surface area contributed by atoms with Gasteiger partial charge in [-0.05, 0) is 43.1 Å². The predicted molar refractivity (Wildman–Crippen MR) is 70.6 cm³/mol. The number of hydrogen-bond donors (Lipinski definition) is 1. The van der Waals surface area contributed by atoms with Crippen LogP contribution in [0.15, 0.2) is 12.4 Å². The molecule has 1 saturated carbocycles. The van der Waals surface area contributed by atoms with E-state index in [0.717, 1.165) is 31.9 Å². The van der Waals surface area contributed by atoms with Gasteiger partial charge in [0.2, 0.25) is 5.95 Å². The van der Waals surface area contributed by atoms with Crippen molar-refractivity contribution in [3.63, 3.8) is 0 Å². The summed E-state index contributed by atoms with van der Waals surface area (Å²) in [6, 6.07) is 0. The highest BCUT2D eigenvalue weighted by molar-refractivity contribution is 5.32. The molecule has 1 aromatic rings. The summed E-state index contributed by atoms with van der Waals surface area (Å²) in [5.41, 5.74) is 1.30. The first-order valence-electron chi connectivity index (χ1n) is 7.04. The lowest BCUT2D eigenvalue weighted by Gasteiger charge is -2.25. The van der Waals surface area contributed by atoms with Gasteiger partial charge in [0.25, 0.3) is 0 Å². The van der Waals surface area contributed by atoms with Crippen LogP contribution in [0, 0.1) is 5.92 Å². The van der Waals surface area contributed by atoms with Crippen LogP contribution < -0.4 is 4.90 Å². The molecule has 4 heteroatoms.